The predicted octanol–water partition coefficient (Wildman–Crippen LogP) is 2.57. The molecule has 0 spiro atoms. The van der Waals surface area contributed by atoms with Gasteiger partial charge in [-0.2, -0.15) is 0 Å². The van der Waals surface area contributed by atoms with Gasteiger partial charge in [-0.05, 0) is 31.4 Å². The third kappa shape index (κ3) is 2.61. The van der Waals surface area contributed by atoms with Crippen LogP contribution in [0.3, 0.4) is 0 Å². The van der Waals surface area contributed by atoms with Gasteiger partial charge in [-0.1, -0.05) is 6.07 Å². The summed E-state index contributed by atoms with van der Waals surface area (Å²) in [6.45, 7) is 1.53. The standard InChI is InChI=1S/C13H18FN3O/c1-18-9-4-2-3-8-17-11-7-5-6-10(14)12(11)16-13(17)15/h5-7H,2-4,8-9H2,1H3,(H2,15,16). The topological polar surface area (TPSA) is 53.1 Å². The first kappa shape index (κ1) is 12.8. The summed E-state index contributed by atoms with van der Waals surface area (Å²) in [5, 5.41) is 0. The molecule has 2 aromatic rings. The van der Waals surface area contributed by atoms with Crippen LogP contribution in [0.5, 0.6) is 0 Å². The van der Waals surface area contributed by atoms with Crippen molar-refractivity contribution in [2.24, 2.45) is 0 Å². The maximum Gasteiger partial charge on any atom is 0.201 e. The van der Waals surface area contributed by atoms with E-state index in [9.17, 15) is 4.39 Å². The van der Waals surface area contributed by atoms with Crippen LogP contribution in [0.25, 0.3) is 11.0 Å². The number of hydrogen-bond donors (Lipinski definition) is 1. The minimum absolute atomic E-state index is 0.322. The molecule has 18 heavy (non-hydrogen) atoms. The van der Waals surface area contributed by atoms with Gasteiger partial charge < -0.3 is 15.0 Å². The van der Waals surface area contributed by atoms with Gasteiger partial charge in [0, 0.05) is 20.3 Å². The Morgan fingerprint density at radius 2 is 2.17 bits per heavy atom. The number of rotatable bonds is 6. The number of nitrogen functional groups attached to an aromatic ring is 1. The Labute approximate surface area is 106 Å². The molecule has 2 rings (SSSR count). The van der Waals surface area contributed by atoms with E-state index in [2.05, 4.69) is 4.98 Å². The average Bonchev–Trinajstić information content (AvgIpc) is 2.68. The number of halogens is 1. The van der Waals surface area contributed by atoms with Crippen LogP contribution in [0.2, 0.25) is 0 Å². The SMILES string of the molecule is COCCCCCn1c(N)nc2c(F)cccc21. The Bertz CT molecular complexity index is 524. The summed E-state index contributed by atoms with van der Waals surface area (Å²) in [4.78, 5) is 4.07. The number of para-hydroxylation sites is 1. The van der Waals surface area contributed by atoms with Crippen molar-refractivity contribution in [3.63, 3.8) is 0 Å². The lowest BCUT2D eigenvalue weighted by Crippen LogP contribution is -2.03. The Morgan fingerprint density at radius 3 is 2.94 bits per heavy atom. The predicted molar refractivity (Wildman–Crippen MR) is 69.8 cm³/mol. The van der Waals surface area contributed by atoms with Crippen LogP contribution >= 0.6 is 0 Å². The Hall–Kier alpha value is -1.62. The Balaban J connectivity index is 2.08. The van der Waals surface area contributed by atoms with Crippen LogP contribution in [0.1, 0.15) is 19.3 Å². The smallest absolute Gasteiger partial charge is 0.201 e. The number of fused-ring (bicyclic) bond motifs is 1. The normalized spacial score (nSPS) is 11.2. The van der Waals surface area contributed by atoms with E-state index in [1.807, 2.05) is 10.6 Å². The lowest BCUT2D eigenvalue weighted by Gasteiger charge is -2.06. The molecular weight excluding hydrogens is 233 g/mol. The number of hydrogen-bond acceptors (Lipinski definition) is 3. The van der Waals surface area contributed by atoms with Crippen LogP contribution in [0.4, 0.5) is 10.3 Å². The van der Waals surface area contributed by atoms with Gasteiger partial charge in [0.1, 0.15) is 5.52 Å². The molecule has 2 N–H and O–H groups in total. The van der Waals surface area contributed by atoms with E-state index in [0.717, 1.165) is 37.9 Å². The zero-order valence-electron chi connectivity index (χ0n) is 10.5. The fourth-order valence-electron chi connectivity index (χ4n) is 2.06. The molecule has 0 radical (unpaired) electrons. The van der Waals surface area contributed by atoms with E-state index in [1.165, 1.54) is 6.07 Å². The van der Waals surface area contributed by atoms with Gasteiger partial charge in [0.15, 0.2) is 5.82 Å². The van der Waals surface area contributed by atoms with Gasteiger partial charge in [0.25, 0.3) is 0 Å². The second-order valence-electron chi connectivity index (χ2n) is 4.28. The number of nitrogens with two attached hydrogens (primary N) is 1. The summed E-state index contributed by atoms with van der Waals surface area (Å²) in [6.07, 6.45) is 3.06. The first-order valence-corrected chi connectivity index (χ1v) is 6.13. The fraction of sp³-hybridized carbons (Fsp3) is 0.462. The molecule has 0 atom stereocenters. The van der Waals surface area contributed by atoms with Crippen molar-refractivity contribution in [2.45, 2.75) is 25.8 Å². The van der Waals surface area contributed by atoms with Crippen LogP contribution in [0, 0.1) is 5.82 Å². The third-order valence-electron chi connectivity index (χ3n) is 2.99. The Morgan fingerprint density at radius 1 is 1.33 bits per heavy atom. The van der Waals surface area contributed by atoms with E-state index >= 15 is 0 Å². The van der Waals surface area contributed by atoms with Crippen LogP contribution in [-0.2, 0) is 11.3 Å². The summed E-state index contributed by atoms with van der Waals surface area (Å²) in [5.74, 6) is 0.0548. The molecular formula is C13H18FN3O. The highest BCUT2D eigenvalue weighted by Gasteiger charge is 2.10. The van der Waals surface area contributed by atoms with Gasteiger partial charge in [-0.25, -0.2) is 9.37 Å². The second-order valence-corrected chi connectivity index (χ2v) is 4.28. The van der Waals surface area contributed by atoms with E-state index < -0.39 is 0 Å². The fourth-order valence-corrected chi connectivity index (χ4v) is 2.06. The van der Waals surface area contributed by atoms with Gasteiger partial charge in [0.05, 0.1) is 5.52 Å². The molecule has 0 amide bonds. The molecule has 0 aliphatic carbocycles. The van der Waals surface area contributed by atoms with Crippen molar-refractivity contribution < 1.29 is 9.13 Å². The lowest BCUT2D eigenvalue weighted by atomic mass is 10.2. The number of aromatic nitrogens is 2. The van der Waals surface area contributed by atoms with Crippen molar-refractivity contribution in [3.8, 4) is 0 Å². The van der Waals surface area contributed by atoms with Crippen molar-refractivity contribution in [2.75, 3.05) is 19.5 Å². The summed E-state index contributed by atoms with van der Waals surface area (Å²) in [6, 6.07) is 4.93. The number of unbranched alkanes of at least 4 members (excludes halogenated alkanes) is 2. The number of imidazole rings is 1. The summed E-state index contributed by atoms with van der Waals surface area (Å²) >= 11 is 0. The summed E-state index contributed by atoms with van der Waals surface area (Å²) < 4.78 is 20.4. The van der Waals surface area contributed by atoms with Crippen LogP contribution in [-0.4, -0.2) is 23.3 Å². The second kappa shape index (κ2) is 5.82. The number of aryl methyl sites for hydroxylation is 1. The van der Waals surface area contributed by atoms with Gasteiger partial charge in [0.2, 0.25) is 5.95 Å². The zero-order valence-corrected chi connectivity index (χ0v) is 10.5. The summed E-state index contributed by atoms with van der Waals surface area (Å²) in [7, 11) is 1.70. The number of nitrogens with zero attached hydrogens (tertiary/aromatic N) is 2. The number of ether oxygens (including phenoxy) is 1. The molecule has 0 saturated carbocycles. The maximum absolute atomic E-state index is 13.5. The van der Waals surface area contributed by atoms with E-state index in [-0.39, 0.29) is 5.82 Å². The number of anilines is 1. The quantitative estimate of drug-likeness (QED) is 0.803. The molecule has 0 bridgehead atoms. The van der Waals surface area contributed by atoms with E-state index in [0.29, 0.717) is 11.5 Å². The van der Waals surface area contributed by atoms with E-state index in [1.54, 1.807) is 13.2 Å². The minimum atomic E-state index is -0.322. The first-order valence-electron chi connectivity index (χ1n) is 6.13. The van der Waals surface area contributed by atoms with Crippen molar-refractivity contribution in [1.82, 2.24) is 9.55 Å². The van der Waals surface area contributed by atoms with Crippen LogP contribution < -0.4 is 5.73 Å². The molecule has 5 heteroatoms. The first-order chi connectivity index (χ1) is 8.74. The molecule has 0 fully saturated rings. The largest absolute Gasteiger partial charge is 0.385 e. The van der Waals surface area contributed by atoms with Crippen molar-refractivity contribution >= 4 is 17.0 Å². The Kier molecular flexibility index (Phi) is 4.15. The highest BCUT2D eigenvalue weighted by molar-refractivity contribution is 5.78. The molecule has 1 aromatic carbocycles. The zero-order chi connectivity index (χ0) is 13.0. The number of methoxy groups -OCH3 is 1. The van der Waals surface area contributed by atoms with Gasteiger partial charge >= 0.3 is 0 Å². The van der Waals surface area contributed by atoms with Crippen molar-refractivity contribution in [3.05, 3.63) is 24.0 Å². The maximum atomic E-state index is 13.5. The minimum Gasteiger partial charge on any atom is -0.385 e. The lowest BCUT2D eigenvalue weighted by molar-refractivity contribution is 0.191. The highest BCUT2D eigenvalue weighted by Crippen LogP contribution is 2.21. The third-order valence-corrected chi connectivity index (χ3v) is 2.99. The molecule has 0 unspecified atom stereocenters. The number of benzene rings is 1. The summed E-state index contributed by atoms with van der Waals surface area (Å²) in [5.41, 5.74) is 6.94. The van der Waals surface area contributed by atoms with Gasteiger partial charge in [-0.3, -0.25) is 0 Å². The highest BCUT2D eigenvalue weighted by atomic mass is 19.1. The molecule has 1 aromatic heterocycles. The van der Waals surface area contributed by atoms with E-state index in [4.69, 9.17) is 10.5 Å². The average molecular weight is 251 g/mol. The molecule has 1 heterocycles. The van der Waals surface area contributed by atoms with Crippen molar-refractivity contribution in [1.29, 1.82) is 0 Å². The molecule has 98 valence electrons. The molecule has 4 nitrogen and oxygen atoms in total. The molecule has 0 aliphatic rings. The van der Waals surface area contributed by atoms with Gasteiger partial charge in [-0.15, -0.1) is 0 Å². The van der Waals surface area contributed by atoms with Crippen LogP contribution in [0.15, 0.2) is 18.2 Å². The molecule has 0 saturated heterocycles. The monoisotopic (exact) mass is 251 g/mol. The molecule has 0 aliphatic heterocycles.